The lowest BCUT2D eigenvalue weighted by atomic mass is 10.4. The predicted molar refractivity (Wildman–Crippen MR) is 30.9 cm³/mol. The molecule has 0 aliphatic heterocycles. The molecule has 66 valence electrons. The highest BCUT2D eigenvalue weighted by Crippen LogP contribution is 2.24. The van der Waals surface area contributed by atoms with Crippen molar-refractivity contribution in [2.45, 2.75) is 12.3 Å². The van der Waals surface area contributed by atoms with Crippen LogP contribution in [-0.2, 0) is 9.53 Å². The summed E-state index contributed by atoms with van der Waals surface area (Å²) in [5.41, 5.74) is 0. The van der Waals surface area contributed by atoms with Crippen LogP contribution in [0.5, 0.6) is 0 Å². The van der Waals surface area contributed by atoms with E-state index in [-0.39, 0.29) is 0 Å². The lowest BCUT2D eigenvalue weighted by Gasteiger charge is -2.14. The average molecular weight is 192 g/mol. The molecule has 0 rings (SSSR count). The van der Waals surface area contributed by atoms with Gasteiger partial charge in [0.25, 0.3) is 0 Å². The number of halogens is 4. The van der Waals surface area contributed by atoms with Crippen LogP contribution in [0.15, 0.2) is 0 Å². The Labute approximate surface area is 64.9 Å². The summed E-state index contributed by atoms with van der Waals surface area (Å²) < 4.78 is 49.5. The quantitative estimate of drug-likeness (QED) is 0.539. The van der Waals surface area contributed by atoms with Crippen LogP contribution in [-0.4, -0.2) is 24.3 Å². The van der Waals surface area contributed by atoms with Crippen molar-refractivity contribution in [1.29, 1.82) is 0 Å². The summed E-state index contributed by atoms with van der Waals surface area (Å²) >= 11 is 2.87. The van der Waals surface area contributed by atoms with Crippen molar-refractivity contribution in [3.8, 4) is 0 Å². The summed E-state index contributed by atoms with van der Waals surface area (Å²) in [6.07, 6.45) is -7.67. The fourth-order valence-corrected chi connectivity index (χ4v) is 0.590. The van der Waals surface area contributed by atoms with E-state index in [0.717, 1.165) is 0 Å². The maximum absolute atomic E-state index is 11.6. The van der Waals surface area contributed by atoms with E-state index in [0.29, 0.717) is 0 Å². The molecule has 0 aliphatic carbocycles. The Hall–Kier alpha value is -0.300. The minimum absolute atomic E-state index is 1.56. The maximum atomic E-state index is 11.6. The van der Waals surface area contributed by atoms with Gasteiger partial charge in [0.15, 0.2) is 6.86 Å². The van der Waals surface area contributed by atoms with Gasteiger partial charge in [0.1, 0.15) is 0 Å². The summed E-state index contributed by atoms with van der Waals surface area (Å²) in [5.74, 6) is 0. The molecule has 0 heterocycles. The van der Waals surface area contributed by atoms with E-state index in [2.05, 4.69) is 17.4 Å². The van der Waals surface area contributed by atoms with Crippen molar-refractivity contribution < 1.29 is 27.1 Å². The number of carbonyl (C=O) groups is 1. The molecule has 0 saturated heterocycles. The summed E-state index contributed by atoms with van der Waals surface area (Å²) in [4.78, 5) is 10.0. The van der Waals surface area contributed by atoms with Gasteiger partial charge >= 0.3 is 6.18 Å². The molecule has 0 radical (unpaired) electrons. The molecular weight excluding hydrogens is 188 g/mol. The summed E-state index contributed by atoms with van der Waals surface area (Å²) in [7, 11) is 0. The molecular formula is C4H4F4O2S. The summed E-state index contributed by atoms with van der Waals surface area (Å²) in [5, 5.41) is -1.56. The van der Waals surface area contributed by atoms with Crippen LogP contribution in [0.4, 0.5) is 17.6 Å². The fraction of sp³-hybridized carbons (Fsp3) is 0.750. The van der Waals surface area contributed by atoms with Gasteiger partial charge < -0.3 is 4.74 Å². The number of thiol groups is 1. The predicted octanol–water partition coefficient (Wildman–Crippen LogP) is 1.32. The fourth-order valence-electron chi connectivity index (χ4n) is 0.369. The molecule has 0 bridgehead atoms. The molecule has 0 saturated carbocycles. The van der Waals surface area contributed by atoms with E-state index in [1.807, 2.05) is 0 Å². The normalized spacial score (nSPS) is 14.6. The molecule has 0 fully saturated rings. The number of ether oxygens (including phenoxy) is 1. The van der Waals surface area contributed by atoms with Crippen LogP contribution in [0.1, 0.15) is 0 Å². The van der Waals surface area contributed by atoms with Gasteiger partial charge in [0.2, 0.25) is 11.2 Å². The van der Waals surface area contributed by atoms with Crippen LogP contribution < -0.4 is 0 Å². The van der Waals surface area contributed by atoms with E-state index >= 15 is 0 Å². The highest BCUT2D eigenvalue weighted by Gasteiger charge is 2.44. The van der Waals surface area contributed by atoms with Crippen molar-refractivity contribution >= 4 is 17.7 Å². The third kappa shape index (κ3) is 3.57. The molecule has 0 amide bonds. The number of alkyl halides is 4. The van der Waals surface area contributed by atoms with Gasteiger partial charge in [-0.15, -0.1) is 12.6 Å². The van der Waals surface area contributed by atoms with Crippen molar-refractivity contribution in [1.82, 2.24) is 0 Å². The topological polar surface area (TPSA) is 26.3 Å². The Bertz CT molecular complexity index is 146. The van der Waals surface area contributed by atoms with E-state index in [9.17, 15) is 22.4 Å². The van der Waals surface area contributed by atoms with E-state index < -0.39 is 24.3 Å². The van der Waals surface area contributed by atoms with Crippen molar-refractivity contribution in [2.24, 2.45) is 0 Å². The zero-order chi connectivity index (χ0) is 9.07. The van der Waals surface area contributed by atoms with Gasteiger partial charge in [-0.25, -0.2) is 4.39 Å². The third-order valence-electron chi connectivity index (χ3n) is 0.751. The molecule has 0 aromatic rings. The number of hydrogen-bond donors (Lipinski definition) is 1. The second-order valence-electron chi connectivity index (χ2n) is 1.54. The SMILES string of the molecule is O=C(S)C(OCF)C(F)(F)F. The molecule has 2 nitrogen and oxygen atoms in total. The second kappa shape index (κ2) is 3.91. The third-order valence-corrected chi connectivity index (χ3v) is 0.986. The summed E-state index contributed by atoms with van der Waals surface area (Å²) in [6.45, 7) is -1.67. The lowest BCUT2D eigenvalue weighted by Crippen LogP contribution is -2.36. The van der Waals surface area contributed by atoms with Crippen LogP contribution >= 0.6 is 12.6 Å². The first-order chi connectivity index (χ1) is 4.89. The Balaban J connectivity index is 4.22. The van der Waals surface area contributed by atoms with Gasteiger partial charge in [-0.3, -0.25) is 4.79 Å². The highest BCUT2D eigenvalue weighted by atomic mass is 32.1. The molecule has 0 aliphatic rings. The van der Waals surface area contributed by atoms with Crippen LogP contribution in [0.25, 0.3) is 0 Å². The smallest absolute Gasteiger partial charge is 0.329 e. The zero-order valence-electron chi connectivity index (χ0n) is 5.06. The van der Waals surface area contributed by atoms with Gasteiger partial charge in [0, 0.05) is 0 Å². The lowest BCUT2D eigenvalue weighted by molar-refractivity contribution is -0.220. The first-order valence-corrected chi connectivity index (χ1v) is 2.81. The molecule has 1 unspecified atom stereocenters. The van der Waals surface area contributed by atoms with Gasteiger partial charge in [-0.2, -0.15) is 13.2 Å². The molecule has 11 heavy (non-hydrogen) atoms. The van der Waals surface area contributed by atoms with Gasteiger partial charge in [-0.05, 0) is 0 Å². The van der Waals surface area contributed by atoms with Crippen LogP contribution in [0.3, 0.4) is 0 Å². The Morgan fingerprint density at radius 1 is 1.55 bits per heavy atom. The Kier molecular flexibility index (Phi) is 3.81. The van der Waals surface area contributed by atoms with Crippen molar-refractivity contribution in [2.75, 3.05) is 6.86 Å². The monoisotopic (exact) mass is 192 g/mol. The van der Waals surface area contributed by atoms with Gasteiger partial charge in [-0.1, -0.05) is 0 Å². The molecule has 1 atom stereocenters. The standard InChI is InChI=1S/C4H4F4O2S/c5-1-10-2(3(9)11)4(6,7)8/h2H,1H2,(H,9,11). The molecule has 0 spiro atoms. The van der Waals surface area contributed by atoms with Crippen LogP contribution in [0.2, 0.25) is 0 Å². The first kappa shape index (κ1) is 10.7. The summed E-state index contributed by atoms with van der Waals surface area (Å²) in [6, 6.07) is 0. The Morgan fingerprint density at radius 3 is 2.09 bits per heavy atom. The minimum atomic E-state index is -4.90. The maximum Gasteiger partial charge on any atom is 0.422 e. The molecule has 0 aromatic carbocycles. The Morgan fingerprint density at radius 2 is 2.00 bits per heavy atom. The van der Waals surface area contributed by atoms with E-state index in [4.69, 9.17) is 0 Å². The number of carbonyl (C=O) groups excluding carboxylic acids is 1. The van der Waals surface area contributed by atoms with E-state index in [1.54, 1.807) is 0 Å². The zero-order valence-corrected chi connectivity index (χ0v) is 5.95. The second-order valence-corrected chi connectivity index (χ2v) is 1.98. The largest absolute Gasteiger partial charge is 0.422 e. The number of rotatable bonds is 3. The number of hydrogen-bond acceptors (Lipinski definition) is 2. The van der Waals surface area contributed by atoms with Crippen LogP contribution in [0, 0.1) is 0 Å². The first-order valence-electron chi connectivity index (χ1n) is 2.36. The van der Waals surface area contributed by atoms with Crippen molar-refractivity contribution in [3.05, 3.63) is 0 Å². The van der Waals surface area contributed by atoms with Crippen molar-refractivity contribution in [3.63, 3.8) is 0 Å². The highest BCUT2D eigenvalue weighted by molar-refractivity contribution is 7.96. The average Bonchev–Trinajstić information content (AvgIpc) is 1.79. The molecule has 0 N–H and O–H groups in total. The molecule has 0 aromatic heterocycles. The molecule has 7 heteroatoms. The van der Waals surface area contributed by atoms with E-state index in [1.165, 1.54) is 0 Å². The minimum Gasteiger partial charge on any atom is -0.329 e. The van der Waals surface area contributed by atoms with Gasteiger partial charge in [0.05, 0.1) is 0 Å².